The normalized spacial score (nSPS) is 19.3. The smallest absolute Gasteiger partial charge is 0.0246 e. The first-order valence-corrected chi connectivity index (χ1v) is 8.02. The Kier molecular flexibility index (Phi) is 7.25. The molecule has 0 aromatic carbocycles. The van der Waals surface area contributed by atoms with Crippen molar-refractivity contribution in [2.45, 2.75) is 72.4 Å². The number of nitrogens with one attached hydrogen (secondary N) is 1. The van der Waals surface area contributed by atoms with Gasteiger partial charge in [0.2, 0.25) is 0 Å². The van der Waals surface area contributed by atoms with E-state index in [4.69, 9.17) is 0 Å². The lowest BCUT2D eigenvalue weighted by Gasteiger charge is -2.38. The molecule has 2 nitrogen and oxygen atoms in total. The number of nitrogens with zero attached hydrogens (tertiary/aromatic N) is 1. The molecule has 1 rings (SSSR count). The summed E-state index contributed by atoms with van der Waals surface area (Å²) in [5.74, 6) is 1.49. The molecule has 1 aliphatic carbocycles. The second-order valence-corrected chi connectivity index (χ2v) is 6.63. The van der Waals surface area contributed by atoms with Crippen molar-refractivity contribution in [2.75, 3.05) is 19.6 Å². The van der Waals surface area contributed by atoms with Crippen molar-refractivity contribution in [1.82, 2.24) is 10.2 Å². The molecule has 0 heterocycles. The fourth-order valence-corrected chi connectivity index (χ4v) is 3.26. The van der Waals surface area contributed by atoms with Gasteiger partial charge in [-0.1, -0.05) is 47.5 Å². The first-order valence-electron chi connectivity index (χ1n) is 8.02. The Bertz CT molecular complexity index is 207. The number of hydrogen-bond acceptors (Lipinski definition) is 2. The van der Waals surface area contributed by atoms with Gasteiger partial charge < -0.3 is 5.32 Å². The van der Waals surface area contributed by atoms with Crippen molar-refractivity contribution in [3.05, 3.63) is 0 Å². The summed E-state index contributed by atoms with van der Waals surface area (Å²) < 4.78 is 0. The molecule has 0 aromatic rings. The van der Waals surface area contributed by atoms with Crippen LogP contribution in [-0.4, -0.2) is 36.6 Å². The molecule has 18 heavy (non-hydrogen) atoms. The van der Waals surface area contributed by atoms with Gasteiger partial charge >= 0.3 is 0 Å². The molecule has 0 aliphatic heterocycles. The number of likely N-dealkylation sites (N-methyl/N-ethyl adjacent to an activating group) is 1. The minimum atomic E-state index is 0.705. The van der Waals surface area contributed by atoms with Crippen molar-refractivity contribution in [3.63, 3.8) is 0 Å². The van der Waals surface area contributed by atoms with Crippen LogP contribution in [0.2, 0.25) is 0 Å². The monoisotopic (exact) mass is 254 g/mol. The van der Waals surface area contributed by atoms with Gasteiger partial charge in [-0.05, 0) is 37.8 Å². The fraction of sp³-hybridized carbons (Fsp3) is 1.00. The van der Waals surface area contributed by atoms with Gasteiger partial charge in [0, 0.05) is 18.6 Å². The van der Waals surface area contributed by atoms with Crippen LogP contribution in [0.4, 0.5) is 0 Å². The van der Waals surface area contributed by atoms with Gasteiger partial charge in [-0.2, -0.15) is 0 Å². The van der Waals surface area contributed by atoms with E-state index in [1.54, 1.807) is 0 Å². The highest BCUT2D eigenvalue weighted by Crippen LogP contribution is 2.26. The maximum atomic E-state index is 3.66. The summed E-state index contributed by atoms with van der Waals surface area (Å²) in [6, 6.07) is 1.56. The predicted molar refractivity (Wildman–Crippen MR) is 81.0 cm³/mol. The van der Waals surface area contributed by atoms with E-state index in [0.717, 1.165) is 31.0 Å². The van der Waals surface area contributed by atoms with Gasteiger partial charge in [-0.25, -0.2) is 0 Å². The van der Waals surface area contributed by atoms with Crippen LogP contribution in [0.3, 0.4) is 0 Å². The molecule has 0 spiro atoms. The standard InChI is InChI=1S/C16H34N2/c1-6-18(15-9-7-8-10-15)16(14(4)5)12-17-11-13(2)3/h13-17H,6-12H2,1-5H3. The molecule has 1 unspecified atom stereocenters. The van der Waals surface area contributed by atoms with E-state index in [0.29, 0.717) is 6.04 Å². The summed E-state index contributed by atoms with van der Waals surface area (Å²) in [7, 11) is 0. The minimum Gasteiger partial charge on any atom is -0.315 e. The van der Waals surface area contributed by atoms with Crippen LogP contribution in [0.5, 0.6) is 0 Å². The van der Waals surface area contributed by atoms with E-state index in [-0.39, 0.29) is 0 Å². The summed E-state index contributed by atoms with van der Waals surface area (Å²) in [4.78, 5) is 2.77. The maximum absolute atomic E-state index is 3.66. The summed E-state index contributed by atoms with van der Waals surface area (Å²) >= 11 is 0. The molecule has 1 saturated carbocycles. The molecule has 1 atom stereocenters. The van der Waals surface area contributed by atoms with Crippen molar-refractivity contribution in [3.8, 4) is 0 Å². The zero-order chi connectivity index (χ0) is 13.5. The van der Waals surface area contributed by atoms with Crippen LogP contribution in [0.15, 0.2) is 0 Å². The third-order valence-electron chi connectivity index (χ3n) is 4.26. The minimum absolute atomic E-state index is 0.705. The predicted octanol–water partition coefficient (Wildman–Crippen LogP) is 3.52. The maximum Gasteiger partial charge on any atom is 0.0246 e. The Morgan fingerprint density at radius 3 is 2.11 bits per heavy atom. The average molecular weight is 254 g/mol. The molecule has 2 heteroatoms. The van der Waals surface area contributed by atoms with E-state index in [1.165, 1.54) is 32.2 Å². The SMILES string of the molecule is CCN(C1CCCC1)C(CNCC(C)C)C(C)C. The van der Waals surface area contributed by atoms with E-state index < -0.39 is 0 Å². The first kappa shape index (κ1) is 16.0. The Morgan fingerprint density at radius 2 is 1.67 bits per heavy atom. The molecule has 0 amide bonds. The lowest BCUT2D eigenvalue weighted by atomic mass is 9.99. The molecule has 1 aliphatic rings. The summed E-state index contributed by atoms with van der Waals surface area (Å²) in [6.45, 7) is 15.1. The van der Waals surface area contributed by atoms with Gasteiger partial charge in [0.15, 0.2) is 0 Å². The van der Waals surface area contributed by atoms with Crippen molar-refractivity contribution in [1.29, 1.82) is 0 Å². The molecule has 108 valence electrons. The zero-order valence-corrected chi connectivity index (χ0v) is 13.2. The molecular formula is C16H34N2. The molecular weight excluding hydrogens is 220 g/mol. The highest BCUT2D eigenvalue weighted by molar-refractivity contribution is 4.85. The molecule has 0 radical (unpaired) electrons. The van der Waals surface area contributed by atoms with E-state index in [9.17, 15) is 0 Å². The highest BCUT2D eigenvalue weighted by Gasteiger charge is 2.28. The van der Waals surface area contributed by atoms with Crippen molar-refractivity contribution in [2.24, 2.45) is 11.8 Å². The molecule has 0 saturated heterocycles. The van der Waals surface area contributed by atoms with Crippen LogP contribution in [-0.2, 0) is 0 Å². The Hall–Kier alpha value is -0.0800. The van der Waals surface area contributed by atoms with E-state index in [2.05, 4.69) is 44.8 Å². The fourth-order valence-electron chi connectivity index (χ4n) is 3.26. The summed E-state index contributed by atoms with van der Waals surface area (Å²) in [6.07, 6.45) is 5.71. The van der Waals surface area contributed by atoms with Crippen molar-refractivity contribution < 1.29 is 0 Å². The van der Waals surface area contributed by atoms with Crippen LogP contribution >= 0.6 is 0 Å². The van der Waals surface area contributed by atoms with E-state index >= 15 is 0 Å². The van der Waals surface area contributed by atoms with Gasteiger partial charge in [0.25, 0.3) is 0 Å². The molecule has 1 fully saturated rings. The third kappa shape index (κ3) is 4.89. The molecule has 1 N–H and O–H groups in total. The van der Waals surface area contributed by atoms with Gasteiger partial charge in [0.05, 0.1) is 0 Å². The van der Waals surface area contributed by atoms with Gasteiger partial charge in [-0.15, -0.1) is 0 Å². The molecule has 0 aromatic heterocycles. The largest absolute Gasteiger partial charge is 0.315 e. The zero-order valence-electron chi connectivity index (χ0n) is 13.2. The number of rotatable bonds is 8. The summed E-state index contributed by atoms with van der Waals surface area (Å²) in [5, 5.41) is 3.66. The second kappa shape index (κ2) is 8.16. The number of hydrogen-bond donors (Lipinski definition) is 1. The average Bonchev–Trinajstić information content (AvgIpc) is 2.81. The van der Waals surface area contributed by atoms with Crippen LogP contribution in [0, 0.1) is 11.8 Å². The third-order valence-corrected chi connectivity index (χ3v) is 4.26. The Labute approximate surface area is 115 Å². The van der Waals surface area contributed by atoms with Gasteiger partial charge in [-0.3, -0.25) is 4.90 Å². The highest BCUT2D eigenvalue weighted by atomic mass is 15.2. The Balaban J connectivity index is 2.51. The van der Waals surface area contributed by atoms with Crippen LogP contribution in [0.25, 0.3) is 0 Å². The molecule has 0 bridgehead atoms. The van der Waals surface area contributed by atoms with Crippen LogP contribution < -0.4 is 5.32 Å². The van der Waals surface area contributed by atoms with E-state index in [1.807, 2.05) is 0 Å². The lowest BCUT2D eigenvalue weighted by molar-refractivity contribution is 0.107. The van der Waals surface area contributed by atoms with Crippen LogP contribution in [0.1, 0.15) is 60.3 Å². The topological polar surface area (TPSA) is 15.3 Å². The van der Waals surface area contributed by atoms with Gasteiger partial charge in [0.1, 0.15) is 0 Å². The van der Waals surface area contributed by atoms with Crippen molar-refractivity contribution >= 4 is 0 Å². The second-order valence-electron chi connectivity index (χ2n) is 6.63. The Morgan fingerprint density at radius 1 is 1.06 bits per heavy atom. The first-order chi connectivity index (χ1) is 8.56. The quantitative estimate of drug-likeness (QED) is 0.713. The summed E-state index contributed by atoms with van der Waals surface area (Å²) in [5.41, 5.74) is 0. The lowest BCUT2D eigenvalue weighted by Crippen LogP contribution is -2.50.